The average molecular weight is 1770 g/mol. The van der Waals surface area contributed by atoms with Crippen LogP contribution in [0.15, 0.2) is 364 Å². The van der Waals surface area contributed by atoms with Crippen LogP contribution in [-0.4, -0.2) is 50.5 Å². The SMILES string of the molecule is O=S1(=O)Cc2ccc(cc2)-c2cc3cc(c2)-c2ccc(cc2)CS(=O)(=O)Cc2ccc(cc2)-c2cc4cc(c2)-c2ccc(cc2)CS(=O)(=O)Cc2ccc(cc2)-c2cc(cc(c2)-c2ccc(cc2)CS(=O)(=O)Cc2ccc(cc2)-c2cc(cc(c2)-c2ccc(cc2)CS(=O)(=O)Cc2ccc-4cc2)-c2ccc(cc2)C1)-c1ccc(cc1)CS(=O)(=O)Cc1ccc-3cc1. The van der Waals surface area contributed by atoms with E-state index in [4.69, 9.17) is 0 Å². The summed E-state index contributed by atoms with van der Waals surface area (Å²) in [5.41, 5.74) is 26.7. The van der Waals surface area contributed by atoms with Gasteiger partial charge in [-0.25, -0.2) is 50.5 Å². The van der Waals surface area contributed by atoms with Crippen LogP contribution >= 0.6 is 0 Å². The van der Waals surface area contributed by atoms with Crippen LogP contribution in [0.3, 0.4) is 0 Å². The van der Waals surface area contributed by atoms with E-state index in [9.17, 15) is 50.5 Å². The van der Waals surface area contributed by atoms with Gasteiger partial charge < -0.3 is 0 Å². The molecule has 0 saturated carbocycles. The van der Waals surface area contributed by atoms with Crippen LogP contribution in [0.25, 0.3) is 134 Å². The van der Waals surface area contributed by atoms with E-state index in [1.54, 1.807) is 0 Å². The van der Waals surface area contributed by atoms with E-state index in [1.807, 2.05) is 291 Å². The highest BCUT2D eigenvalue weighted by molar-refractivity contribution is 7.91. The predicted octanol–water partition coefficient (Wildman–Crippen LogP) is 23.3. The van der Waals surface area contributed by atoms with Crippen molar-refractivity contribution in [3.8, 4) is 134 Å². The molecule has 12 nitrogen and oxygen atoms in total. The Morgan fingerprint density at radius 3 is 0.222 bits per heavy atom. The number of hydrogen-bond acceptors (Lipinski definition) is 12. The van der Waals surface area contributed by atoms with E-state index in [0.29, 0.717) is 66.8 Å². The van der Waals surface area contributed by atoms with E-state index < -0.39 is 59.0 Å². The Morgan fingerprint density at radius 2 is 0.159 bits per heavy atom. The number of rotatable bonds is 0. The lowest BCUT2D eigenvalue weighted by atomic mass is 9.92. The van der Waals surface area contributed by atoms with Gasteiger partial charge in [-0.1, -0.05) is 291 Å². The molecule has 0 unspecified atom stereocenters. The first-order valence-corrected chi connectivity index (χ1v) is 52.4. The maximum Gasteiger partial charge on any atom is 0.158 e. The number of benzene rings is 16. The summed E-state index contributed by atoms with van der Waals surface area (Å²) in [6.45, 7) is 0. The topological polar surface area (TPSA) is 205 Å². The predicted molar refractivity (Wildman–Crippen MR) is 509 cm³/mol. The molecule has 0 fully saturated rings. The zero-order valence-corrected chi connectivity index (χ0v) is 73.4. The molecule has 0 aromatic heterocycles. The molecule has 56 rings (SSSR count). The third-order valence-electron chi connectivity index (χ3n) is 23.8. The normalized spacial score (nSPS) is 16.0. The van der Waals surface area contributed by atoms with Crippen molar-refractivity contribution in [3.05, 3.63) is 431 Å². The Labute approximate surface area is 736 Å². The van der Waals surface area contributed by atoms with Crippen LogP contribution in [0.2, 0.25) is 0 Å². The summed E-state index contributed by atoms with van der Waals surface area (Å²) in [6.07, 6.45) is 0. The largest absolute Gasteiger partial charge is 0.228 e. The van der Waals surface area contributed by atoms with E-state index in [1.165, 1.54) is 0 Å². The standard InChI is InChI=1S/C108H84O12S6/c109-121(110)61-73-1-25-85(26-2-73)97-49-98-51-99(50-97)87-31-7-76(8-32-87)64-123(113,114)66-78-15-39-92(40-16-78)104-56-106-60-108(58-104)96-47-23-84(24-48-96)72-126(119,120)71-83-21-45-95(46-22-83)107-57-103(91-37-13-77(14-38-91)65-122(111,112)63-75-5-29-86(98)30-6-75)55-105(59-107)93-41-17-81(18-42-93)69-124(115,116)67-79-9-33-89(34-10-79)101-52-100(88-27-3-74(62-121)4-28-88)53-102(54-101)90-35-11-80(12-36-90)68-125(117,118)70-82-19-43-94(106)44-20-82/h1-60H,61-72H2. The lowest BCUT2D eigenvalue weighted by Crippen LogP contribution is -2.07. The summed E-state index contributed by atoms with van der Waals surface area (Å²) in [5.74, 6) is -2.78. The van der Waals surface area contributed by atoms with Crippen LogP contribution in [0.4, 0.5) is 0 Å². The number of hydrogen-bond donors (Lipinski definition) is 0. The van der Waals surface area contributed by atoms with Gasteiger partial charge in [0.2, 0.25) is 0 Å². The van der Waals surface area contributed by atoms with Gasteiger partial charge in [-0.3, -0.25) is 0 Å². The Balaban J connectivity index is 0.761. The van der Waals surface area contributed by atoms with Gasteiger partial charge in [-0.2, -0.15) is 0 Å². The summed E-state index contributed by atoms with van der Waals surface area (Å²) in [6, 6.07) is 114. The smallest absolute Gasteiger partial charge is 0.158 e. The summed E-state index contributed by atoms with van der Waals surface area (Å²) >= 11 is 0. The molecule has 0 radical (unpaired) electrons. The minimum Gasteiger partial charge on any atom is -0.228 e. The summed E-state index contributed by atoms with van der Waals surface area (Å²) in [4.78, 5) is 0. The van der Waals surface area contributed by atoms with Gasteiger partial charge >= 0.3 is 0 Å². The van der Waals surface area contributed by atoms with Crippen molar-refractivity contribution in [3.63, 3.8) is 0 Å². The lowest BCUT2D eigenvalue weighted by Gasteiger charge is -2.14. The quantitative estimate of drug-likeness (QED) is 0.139. The Kier molecular flexibility index (Phi) is 22.1. The van der Waals surface area contributed by atoms with Gasteiger partial charge in [-0.05, 0) is 273 Å². The van der Waals surface area contributed by atoms with Crippen molar-refractivity contribution in [2.24, 2.45) is 0 Å². The van der Waals surface area contributed by atoms with E-state index in [-0.39, 0.29) is 69.0 Å². The molecule has 0 N–H and O–H groups in total. The average Bonchev–Trinajstić information content (AvgIpc) is 0.801. The third-order valence-corrected chi connectivity index (χ3v) is 33.1. The van der Waals surface area contributed by atoms with E-state index in [0.717, 1.165) is 134 Å². The minimum atomic E-state index is -3.74. The second-order valence-electron chi connectivity index (χ2n) is 33.8. The third kappa shape index (κ3) is 19.5. The molecule has 0 saturated heterocycles. The van der Waals surface area contributed by atoms with E-state index in [2.05, 4.69) is 72.8 Å². The first-order chi connectivity index (χ1) is 60.5. The molecule has 0 atom stereocenters. The first-order valence-electron chi connectivity index (χ1n) is 41.5. The molecule has 0 amide bonds. The molecular formula is C108H84O12S6. The number of sulfone groups is 6. The highest BCUT2D eigenvalue weighted by Crippen LogP contribution is 2.41. The van der Waals surface area contributed by atoms with Crippen molar-refractivity contribution >= 4 is 59.0 Å². The Hall–Kier alpha value is -12.8. The Morgan fingerprint density at radius 1 is 0.0952 bits per heavy atom. The van der Waals surface area contributed by atoms with Gasteiger partial charge in [0.15, 0.2) is 59.0 Å². The molecule has 16 aromatic carbocycles. The molecule has 40 aliphatic heterocycles. The molecular weight excluding hydrogens is 1680 g/mol. The maximum absolute atomic E-state index is 14.3. The van der Waals surface area contributed by atoms with Crippen molar-refractivity contribution in [2.45, 2.75) is 69.0 Å². The van der Waals surface area contributed by atoms with Gasteiger partial charge in [0.1, 0.15) is 0 Å². The van der Waals surface area contributed by atoms with Crippen molar-refractivity contribution < 1.29 is 50.5 Å². The maximum atomic E-state index is 14.3. The molecule has 624 valence electrons. The molecule has 16 aromatic rings. The van der Waals surface area contributed by atoms with Crippen molar-refractivity contribution in [1.82, 2.24) is 0 Å². The highest BCUT2D eigenvalue weighted by Gasteiger charge is 2.24. The van der Waals surface area contributed by atoms with Crippen LogP contribution < -0.4 is 0 Å². The van der Waals surface area contributed by atoms with Crippen LogP contribution in [0, 0.1) is 0 Å². The zero-order valence-electron chi connectivity index (χ0n) is 68.5. The molecule has 18 heteroatoms. The monoisotopic (exact) mass is 1760 g/mol. The van der Waals surface area contributed by atoms with Gasteiger partial charge in [0.25, 0.3) is 0 Å². The molecule has 40 heterocycles. The Bertz CT molecular complexity index is 5980. The lowest BCUT2D eigenvalue weighted by molar-refractivity contribution is 0.592. The molecule has 36 bridgehead atoms. The van der Waals surface area contributed by atoms with Gasteiger partial charge in [0.05, 0.1) is 69.0 Å². The molecule has 40 aliphatic rings. The fourth-order valence-electron chi connectivity index (χ4n) is 17.4. The second-order valence-corrected chi connectivity index (χ2v) is 46.1. The molecule has 0 aliphatic carbocycles. The van der Waals surface area contributed by atoms with Crippen molar-refractivity contribution in [2.75, 3.05) is 0 Å². The molecule has 126 heavy (non-hydrogen) atoms. The summed E-state index contributed by atoms with van der Waals surface area (Å²) in [5, 5.41) is 0. The fourth-order valence-corrected chi connectivity index (χ4v) is 26.4. The minimum absolute atomic E-state index is 0.232. The van der Waals surface area contributed by atoms with Crippen LogP contribution in [-0.2, 0) is 128 Å². The van der Waals surface area contributed by atoms with Gasteiger partial charge in [0, 0.05) is 0 Å². The fraction of sp³-hybridized carbons (Fsp3) is 0.111. The van der Waals surface area contributed by atoms with E-state index >= 15 is 0 Å². The summed E-state index contributed by atoms with van der Waals surface area (Å²) in [7, 11) is -22.4. The summed E-state index contributed by atoms with van der Waals surface area (Å²) < 4.78 is 172. The van der Waals surface area contributed by atoms with Gasteiger partial charge in [-0.15, -0.1) is 0 Å². The van der Waals surface area contributed by atoms with Crippen LogP contribution in [0.5, 0.6) is 0 Å². The van der Waals surface area contributed by atoms with Crippen LogP contribution in [0.1, 0.15) is 66.8 Å². The van der Waals surface area contributed by atoms with Crippen molar-refractivity contribution in [1.29, 1.82) is 0 Å². The highest BCUT2D eigenvalue weighted by atomic mass is 32.2. The first kappa shape index (κ1) is 82.8. The second kappa shape index (κ2) is 33.6. The zero-order chi connectivity index (χ0) is 86.7. The molecule has 0 spiro atoms.